The molecule has 0 spiro atoms. The predicted octanol–water partition coefficient (Wildman–Crippen LogP) is 7.46. The zero-order valence-corrected chi connectivity index (χ0v) is 14.3. The zero-order valence-electron chi connectivity index (χ0n) is 13.5. The maximum Gasteiger partial charge on any atom is 0.416 e. The van der Waals surface area contributed by atoms with Crippen molar-refractivity contribution in [3.05, 3.63) is 75.6 Å². The van der Waals surface area contributed by atoms with Crippen molar-refractivity contribution >= 4 is 17.4 Å². The third kappa shape index (κ3) is 5.00. The van der Waals surface area contributed by atoms with E-state index in [1.165, 1.54) is 0 Å². The Labute approximate surface area is 154 Å². The van der Waals surface area contributed by atoms with Gasteiger partial charge in [0.25, 0.3) is 0 Å². The molecule has 1 unspecified atom stereocenters. The molecule has 0 amide bonds. The van der Waals surface area contributed by atoms with E-state index in [2.05, 4.69) is 0 Å². The molecule has 0 nitrogen and oxygen atoms in total. The van der Waals surface area contributed by atoms with Gasteiger partial charge in [-0.15, -0.1) is 0 Å². The van der Waals surface area contributed by atoms with Gasteiger partial charge in [-0.25, -0.2) is 8.78 Å². The first kappa shape index (κ1) is 21.2. The minimum atomic E-state index is -4.98. The Morgan fingerprint density at radius 1 is 1.00 bits per heavy atom. The van der Waals surface area contributed by atoms with Crippen molar-refractivity contribution in [3.8, 4) is 0 Å². The van der Waals surface area contributed by atoms with E-state index in [-0.39, 0.29) is 11.6 Å². The molecule has 0 saturated carbocycles. The van der Waals surface area contributed by atoms with Crippen LogP contribution in [0.5, 0.6) is 0 Å². The Morgan fingerprint density at radius 2 is 1.63 bits per heavy atom. The molecule has 2 aromatic carbocycles. The van der Waals surface area contributed by atoms with Gasteiger partial charge in [-0.05, 0) is 42.3 Å². The van der Waals surface area contributed by atoms with Crippen LogP contribution in [0.15, 0.2) is 42.5 Å². The second-order valence-electron chi connectivity index (χ2n) is 5.73. The summed E-state index contributed by atoms with van der Waals surface area (Å²) in [5.41, 5.74) is -2.56. The van der Waals surface area contributed by atoms with E-state index in [0.717, 1.165) is 25.1 Å². The minimum absolute atomic E-state index is 0.133. The van der Waals surface area contributed by atoms with Crippen LogP contribution in [0, 0.1) is 12.7 Å². The molecule has 2 rings (SSSR count). The second-order valence-corrected chi connectivity index (χ2v) is 6.14. The topological polar surface area (TPSA) is 0 Å². The van der Waals surface area contributed by atoms with E-state index in [4.69, 9.17) is 11.6 Å². The zero-order chi connectivity index (χ0) is 20.6. The fourth-order valence-corrected chi connectivity index (χ4v) is 2.59. The highest BCUT2D eigenvalue weighted by Gasteiger charge is 2.40. The van der Waals surface area contributed by atoms with Crippen LogP contribution in [0.25, 0.3) is 5.83 Å². The first-order valence-electron chi connectivity index (χ1n) is 7.38. The number of aryl methyl sites for hydroxylation is 1. The minimum Gasteiger partial charge on any atom is -0.207 e. The van der Waals surface area contributed by atoms with Gasteiger partial charge in [0.15, 0.2) is 0 Å². The molecule has 0 N–H and O–H groups in total. The summed E-state index contributed by atoms with van der Waals surface area (Å²) in [7, 11) is 0. The monoisotopic (exact) mass is 414 g/mol. The first-order valence-corrected chi connectivity index (χ1v) is 7.75. The Morgan fingerprint density at radius 3 is 2.15 bits per heavy atom. The average Bonchev–Trinajstić information content (AvgIpc) is 2.53. The van der Waals surface area contributed by atoms with E-state index in [9.17, 15) is 35.1 Å². The molecule has 27 heavy (non-hydrogen) atoms. The Hall–Kier alpha value is -2.09. The van der Waals surface area contributed by atoms with Gasteiger partial charge in [-0.1, -0.05) is 29.8 Å². The summed E-state index contributed by atoms with van der Waals surface area (Å²) in [5.74, 6) is -4.98. The van der Waals surface area contributed by atoms with Crippen molar-refractivity contribution in [2.75, 3.05) is 0 Å². The highest BCUT2D eigenvalue weighted by molar-refractivity contribution is 6.30. The van der Waals surface area contributed by atoms with Crippen LogP contribution in [0.2, 0.25) is 5.02 Å². The summed E-state index contributed by atoms with van der Waals surface area (Å²) < 4.78 is 106. The highest BCUT2D eigenvalue weighted by atomic mass is 35.5. The number of benzene rings is 2. The van der Waals surface area contributed by atoms with Gasteiger partial charge in [0.2, 0.25) is 0 Å². The quantitative estimate of drug-likeness (QED) is 0.457. The summed E-state index contributed by atoms with van der Waals surface area (Å²) in [6.07, 6.45) is -9.63. The van der Waals surface area contributed by atoms with Crippen molar-refractivity contribution in [1.29, 1.82) is 0 Å². The fraction of sp³-hybridized carbons (Fsp3) is 0.222. The van der Waals surface area contributed by atoms with Crippen LogP contribution in [0.3, 0.4) is 0 Å². The lowest BCUT2D eigenvalue weighted by molar-refractivity contribution is -0.140. The Bertz CT molecular complexity index is 865. The molecule has 0 heterocycles. The third-order valence-corrected chi connectivity index (χ3v) is 4.08. The van der Waals surface area contributed by atoms with Gasteiger partial charge < -0.3 is 0 Å². The SMILES string of the molecule is Cc1ccc(/C(F)=C/C(c2ccc(F)c(Cl)c2)C(F)(F)F)cc1C(F)(F)F. The molecular weight excluding hydrogens is 404 g/mol. The van der Waals surface area contributed by atoms with Crippen molar-refractivity contribution in [2.45, 2.75) is 25.2 Å². The summed E-state index contributed by atoms with van der Waals surface area (Å²) in [5, 5.41) is -0.592. The molecule has 0 saturated heterocycles. The van der Waals surface area contributed by atoms with Crippen LogP contribution in [-0.4, -0.2) is 6.18 Å². The number of halogens is 9. The maximum atomic E-state index is 14.4. The molecule has 2 aromatic rings. The van der Waals surface area contributed by atoms with Crippen LogP contribution >= 0.6 is 11.6 Å². The van der Waals surface area contributed by atoms with Crippen molar-refractivity contribution in [3.63, 3.8) is 0 Å². The molecule has 0 aliphatic carbocycles. The van der Waals surface area contributed by atoms with E-state index < -0.39 is 51.6 Å². The third-order valence-electron chi connectivity index (χ3n) is 3.79. The fourth-order valence-electron chi connectivity index (χ4n) is 2.40. The van der Waals surface area contributed by atoms with Gasteiger partial charge in [0.05, 0.1) is 10.6 Å². The van der Waals surface area contributed by atoms with Crippen molar-refractivity contribution in [1.82, 2.24) is 0 Å². The average molecular weight is 415 g/mol. The summed E-state index contributed by atoms with van der Waals surface area (Å²) >= 11 is 5.47. The molecule has 9 heteroatoms. The van der Waals surface area contributed by atoms with Crippen molar-refractivity contribution < 1.29 is 35.1 Å². The normalized spacial score (nSPS) is 14.4. The molecule has 1 atom stereocenters. The Kier molecular flexibility index (Phi) is 5.89. The number of hydrogen-bond donors (Lipinski definition) is 0. The van der Waals surface area contributed by atoms with E-state index in [1.54, 1.807) is 0 Å². The first-order chi connectivity index (χ1) is 12.3. The van der Waals surface area contributed by atoms with Gasteiger partial charge in [-0.2, -0.15) is 26.3 Å². The lowest BCUT2D eigenvalue weighted by Crippen LogP contribution is -2.19. The standard InChI is InChI=1S/C18H11ClF8/c1-9-2-3-11(6-12(9)17(22,23)24)16(21)8-13(18(25,26)27)10-4-5-15(20)14(19)7-10/h2-8,13H,1H3/b16-8-. The van der Waals surface area contributed by atoms with Crippen LogP contribution < -0.4 is 0 Å². The van der Waals surface area contributed by atoms with Crippen LogP contribution in [0.4, 0.5) is 35.1 Å². The van der Waals surface area contributed by atoms with Crippen LogP contribution in [0.1, 0.15) is 28.2 Å². The van der Waals surface area contributed by atoms with Gasteiger partial charge in [0, 0.05) is 5.56 Å². The van der Waals surface area contributed by atoms with E-state index >= 15 is 0 Å². The summed E-state index contributed by atoms with van der Waals surface area (Å²) in [4.78, 5) is 0. The van der Waals surface area contributed by atoms with E-state index in [0.29, 0.717) is 18.2 Å². The van der Waals surface area contributed by atoms with Crippen molar-refractivity contribution in [2.24, 2.45) is 0 Å². The molecular formula is C18H11ClF8. The van der Waals surface area contributed by atoms with Crippen LogP contribution in [-0.2, 0) is 6.18 Å². The molecule has 0 aromatic heterocycles. The van der Waals surface area contributed by atoms with Gasteiger partial charge >= 0.3 is 12.4 Å². The van der Waals surface area contributed by atoms with E-state index in [1.807, 2.05) is 0 Å². The molecule has 0 fully saturated rings. The predicted molar refractivity (Wildman–Crippen MR) is 85.5 cm³/mol. The lowest BCUT2D eigenvalue weighted by Gasteiger charge is -2.18. The number of rotatable bonds is 3. The number of allylic oxidation sites excluding steroid dienone is 1. The smallest absolute Gasteiger partial charge is 0.207 e. The molecule has 0 radical (unpaired) electrons. The van der Waals surface area contributed by atoms with Gasteiger partial charge in [0.1, 0.15) is 17.6 Å². The molecule has 0 aliphatic heterocycles. The molecule has 0 bridgehead atoms. The number of alkyl halides is 6. The summed E-state index contributed by atoms with van der Waals surface area (Å²) in [6, 6.07) is 4.50. The Balaban J connectivity index is 2.53. The largest absolute Gasteiger partial charge is 0.416 e. The lowest BCUT2D eigenvalue weighted by atomic mass is 9.95. The summed E-state index contributed by atoms with van der Waals surface area (Å²) in [6.45, 7) is 1.15. The molecule has 146 valence electrons. The number of hydrogen-bond acceptors (Lipinski definition) is 0. The maximum absolute atomic E-state index is 14.4. The highest BCUT2D eigenvalue weighted by Crippen LogP contribution is 2.40. The second kappa shape index (κ2) is 7.50. The van der Waals surface area contributed by atoms with Gasteiger partial charge in [-0.3, -0.25) is 0 Å². The molecule has 0 aliphatic rings.